The predicted molar refractivity (Wildman–Crippen MR) is 111 cm³/mol. The molecule has 1 aliphatic heterocycles. The van der Waals surface area contributed by atoms with Gasteiger partial charge in [0.05, 0.1) is 11.8 Å². The van der Waals surface area contributed by atoms with Crippen LogP contribution in [0.4, 0.5) is 0 Å². The van der Waals surface area contributed by atoms with E-state index in [4.69, 9.17) is 21.1 Å². The minimum atomic E-state index is -0.896. The number of hydrogen-bond donors (Lipinski definition) is 1. The molecular formula is C23H23ClN2O3. The van der Waals surface area contributed by atoms with Gasteiger partial charge in [-0.25, -0.2) is 9.78 Å². The third kappa shape index (κ3) is 5.05. The lowest BCUT2D eigenvalue weighted by Gasteiger charge is -2.31. The molecule has 150 valence electrons. The zero-order valence-corrected chi connectivity index (χ0v) is 16.8. The molecule has 2 heterocycles. The molecule has 1 N–H and O–H groups in total. The number of halogens is 1. The van der Waals surface area contributed by atoms with Gasteiger partial charge in [0.15, 0.2) is 5.89 Å². The van der Waals surface area contributed by atoms with Crippen LogP contribution in [0.5, 0.6) is 0 Å². The molecule has 29 heavy (non-hydrogen) atoms. The van der Waals surface area contributed by atoms with Gasteiger partial charge in [0.2, 0.25) is 0 Å². The molecule has 0 radical (unpaired) electrons. The summed E-state index contributed by atoms with van der Waals surface area (Å²) in [6.07, 6.45) is 4.65. The number of carboxylic acids is 1. The van der Waals surface area contributed by atoms with Crippen molar-refractivity contribution < 1.29 is 14.3 Å². The zero-order valence-electron chi connectivity index (χ0n) is 16.1. The van der Waals surface area contributed by atoms with E-state index in [-0.39, 0.29) is 5.92 Å². The SMILES string of the molecule is O=C(O)c1ccc(CN2CCCC(c3ncc(Cc4cccc(Cl)c4)o3)C2)cc1. The number of oxazole rings is 1. The lowest BCUT2D eigenvalue weighted by molar-refractivity contribution is 0.0697. The third-order valence-electron chi connectivity index (χ3n) is 5.30. The largest absolute Gasteiger partial charge is 0.478 e. The van der Waals surface area contributed by atoms with E-state index >= 15 is 0 Å². The third-order valence-corrected chi connectivity index (χ3v) is 5.54. The molecule has 3 aromatic rings. The Kier molecular flexibility index (Phi) is 5.97. The number of carbonyl (C=O) groups is 1. The van der Waals surface area contributed by atoms with Crippen molar-refractivity contribution >= 4 is 17.6 Å². The summed E-state index contributed by atoms with van der Waals surface area (Å²) in [5.41, 5.74) is 2.54. The van der Waals surface area contributed by atoms with Crippen LogP contribution in [0, 0.1) is 0 Å². The second-order valence-corrected chi connectivity index (χ2v) is 7.98. The van der Waals surface area contributed by atoms with Gasteiger partial charge in [-0.2, -0.15) is 0 Å². The molecule has 2 aromatic carbocycles. The van der Waals surface area contributed by atoms with Gasteiger partial charge in [-0.05, 0) is 54.8 Å². The average molecular weight is 411 g/mol. The Bertz CT molecular complexity index is 984. The molecule has 1 aromatic heterocycles. The molecule has 0 spiro atoms. The van der Waals surface area contributed by atoms with E-state index in [0.717, 1.165) is 60.3 Å². The van der Waals surface area contributed by atoms with Crippen LogP contribution in [0.3, 0.4) is 0 Å². The molecule has 6 heteroatoms. The monoisotopic (exact) mass is 410 g/mol. The highest BCUT2D eigenvalue weighted by atomic mass is 35.5. The van der Waals surface area contributed by atoms with E-state index in [1.807, 2.05) is 42.6 Å². The van der Waals surface area contributed by atoms with Crippen molar-refractivity contribution in [2.45, 2.75) is 31.7 Å². The smallest absolute Gasteiger partial charge is 0.335 e. The maximum absolute atomic E-state index is 11.0. The summed E-state index contributed by atoms with van der Waals surface area (Å²) in [4.78, 5) is 17.9. The van der Waals surface area contributed by atoms with Crippen LogP contribution >= 0.6 is 11.6 Å². The van der Waals surface area contributed by atoms with Gasteiger partial charge >= 0.3 is 5.97 Å². The predicted octanol–water partition coefficient (Wildman–Crippen LogP) is 5.00. The molecule has 1 saturated heterocycles. The normalized spacial score (nSPS) is 17.3. The van der Waals surface area contributed by atoms with Gasteiger partial charge in [-0.1, -0.05) is 35.9 Å². The Morgan fingerprint density at radius 2 is 2.03 bits per heavy atom. The van der Waals surface area contributed by atoms with Crippen LogP contribution in [0.25, 0.3) is 0 Å². The van der Waals surface area contributed by atoms with Crippen LogP contribution in [0.1, 0.15) is 51.9 Å². The number of aromatic nitrogens is 1. The number of nitrogens with zero attached hydrogens (tertiary/aromatic N) is 2. The first-order valence-electron chi connectivity index (χ1n) is 9.80. The van der Waals surface area contributed by atoms with Gasteiger partial charge in [-0.15, -0.1) is 0 Å². The van der Waals surface area contributed by atoms with Crippen LogP contribution < -0.4 is 0 Å². The summed E-state index contributed by atoms with van der Waals surface area (Å²) >= 11 is 6.06. The van der Waals surface area contributed by atoms with Crippen LogP contribution in [-0.2, 0) is 13.0 Å². The van der Waals surface area contributed by atoms with Crippen LogP contribution in [-0.4, -0.2) is 34.0 Å². The lowest BCUT2D eigenvalue weighted by atomic mass is 9.97. The first-order chi connectivity index (χ1) is 14.1. The Morgan fingerprint density at radius 1 is 1.21 bits per heavy atom. The van der Waals surface area contributed by atoms with E-state index in [1.54, 1.807) is 12.1 Å². The van der Waals surface area contributed by atoms with E-state index in [1.165, 1.54) is 0 Å². The summed E-state index contributed by atoms with van der Waals surface area (Å²) in [6, 6.07) is 14.9. The first kappa shape index (κ1) is 19.7. The molecule has 1 unspecified atom stereocenters. The van der Waals surface area contributed by atoms with Crippen molar-refractivity contribution in [3.05, 3.63) is 88.1 Å². The molecule has 1 atom stereocenters. The van der Waals surface area contributed by atoms with E-state index in [2.05, 4.69) is 9.88 Å². The Morgan fingerprint density at radius 3 is 2.79 bits per heavy atom. The highest BCUT2D eigenvalue weighted by molar-refractivity contribution is 6.30. The average Bonchev–Trinajstić information content (AvgIpc) is 3.17. The number of aromatic carboxylic acids is 1. The molecule has 5 nitrogen and oxygen atoms in total. The Labute approximate surface area is 174 Å². The summed E-state index contributed by atoms with van der Waals surface area (Å²) in [7, 11) is 0. The summed E-state index contributed by atoms with van der Waals surface area (Å²) in [6.45, 7) is 2.71. The molecular weight excluding hydrogens is 388 g/mol. The second-order valence-electron chi connectivity index (χ2n) is 7.55. The molecule has 0 bridgehead atoms. The maximum atomic E-state index is 11.0. The van der Waals surface area contributed by atoms with Crippen molar-refractivity contribution in [1.29, 1.82) is 0 Å². The van der Waals surface area contributed by atoms with Crippen LogP contribution in [0.2, 0.25) is 5.02 Å². The highest BCUT2D eigenvalue weighted by Crippen LogP contribution is 2.28. The fourth-order valence-corrected chi connectivity index (χ4v) is 4.07. The van der Waals surface area contributed by atoms with Crippen molar-refractivity contribution in [2.75, 3.05) is 13.1 Å². The van der Waals surface area contributed by atoms with Gasteiger partial charge < -0.3 is 9.52 Å². The van der Waals surface area contributed by atoms with Gasteiger partial charge in [0, 0.05) is 30.5 Å². The standard InChI is InChI=1S/C23H23ClN2O3/c24-20-5-1-3-17(11-20)12-21-13-25-22(29-21)19-4-2-10-26(15-19)14-16-6-8-18(9-7-16)23(27)28/h1,3,5-9,11,13,19H,2,4,10,12,14-15H2,(H,27,28). The maximum Gasteiger partial charge on any atom is 0.335 e. The van der Waals surface area contributed by atoms with Crippen molar-refractivity contribution in [1.82, 2.24) is 9.88 Å². The number of benzene rings is 2. The van der Waals surface area contributed by atoms with Crippen molar-refractivity contribution in [3.8, 4) is 0 Å². The summed E-state index contributed by atoms with van der Waals surface area (Å²) in [5.74, 6) is 1.03. The first-order valence-corrected chi connectivity index (χ1v) is 10.2. The molecule has 4 rings (SSSR count). The van der Waals surface area contributed by atoms with Crippen molar-refractivity contribution in [3.63, 3.8) is 0 Å². The minimum absolute atomic E-state index is 0.273. The number of hydrogen-bond acceptors (Lipinski definition) is 4. The quantitative estimate of drug-likeness (QED) is 0.619. The van der Waals surface area contributed by atoms with Crippen molar-refractivity contribution in [2.24, 2.45) is 0 Å². The molecule has 0 saturated carbocycles. The summed E-state index contributed by atoms with van der Waals surface area (Å²) in [5, 5.41) is 9.76. The molecule has 0 amide bonds. The van der Waals surface area contributed by atoms with Gasteiger partial charge in [-0.3, -0.25) is 4.90 Å². The number of carboxylic acid groups (broad SMARTS) is 1. The fraction of sp³-hybridized carbons (Fsp3) is 0.304. The van der Waals surface area contributed by atoms with E-state index < -0.39 is 5.97 Å². The molecule has 1 aliphatic rings. The van der Waals surface area contributed by atoms with E-state index in [9.17, 15) is 4.79 Å². The van der Waals surface area contributed by atoms with Crippen LogP contribution in [0.15, 0.2) is 59.1 Å². The highest BCUT2D eigenvalue weighted by Gasteiger charge is 2.25. The minimum Gasteiger partial charge on any atom is -0.478 e. The lowest BCUT2D eigenvalue weighted by Crippen LogP contribution is -2.34. The summed E-state index contributed by atoms with van der Waals surface area (Å²) < 4.78 is 6.06. The Hall–Kier alpha value is -2.63. The molecule has 1 fully saturated rings. The number of rotatable bonds is 6. The number of piperidine rings is 1. The second kappa shape index (κ2) is 8.80. The number of likely N-dealkylation sites (tertiary alicyclic amines) is 1. The Balaban J connectivity index is 1.38. The van der Waals surface area contributed by atoms with Gasteiger partial charge in [0.1, 0.15) is 5.76 Å². The fourth-order valence-electron chi connectivity index (χ4n) is 3.85. The zero-order chi connectivity index (χ0) is 20.2. The molecule has 0 aliphatic carbocycles. The van der Waals surface area contributed by atoms with Gasteiger partial charge in [0.25, 0.3) is 0 Å². The van der Waals surface area contributed by atoms with E-state index in [0.29, 0.717) is 12.0 Å². The topological polar surface area (TPSA) is 66.6 Å².